The second-order valence-corrected chi connectivity index (χ2v) is 6.24. The molecule has 1 aliphatic rings. The number of carbonyl (C=O) groups is 2. The number of nitrogens with zero attached hydrogens (tertiary/aromatic N) is 1. The van der Waals surface area contributed by atoms with Crippen LogP contribution in [-0.4, -0.2) is 62.9 Å². The number of benzene rings is 1. The molecule has 0 atom stereocenters. The highest BCUT2D eigenvalue weighted by Gasteiger charge is 2.21. The monoisotopic (exact) mass is 379 g/mol. The van der Waals surface area contributed by atoms with Gasteiger partial charge >= 0.3 is 6.03 Å². The second kappa shape index (κ2) is 10.7. The summed E-state index contributed by atoms with van der Waals surface area (Å²) in [6.45, 7) is 6.51. The number of hydrogen-bond donors (Lipinski definition) is 2. The maximum Gasteiger partial charge on any atom is 0.325 e. The zero-order chi connectivity index (χ0) is 19.6. The van der Waals surface area contributed by atoms with E-state index in [4.69, 9.17) is 14.2 Å². The average Bonchev–Trinajstić information content (AvgIpc) is 2.64. The fourth-order valence-electron chi connectivity index (χ4n) is 2.96. The van der Waals surface area contributed by atoms with Crippen molar-refractivity contribution < 1.29 is 23.8 Å². The Morgan fingerprint density at radius 3 is 2.41 bits per heavy atom. The van der Waals surface area contributed by atoms with Crippen LogP contribution in [0.2, 0.25) is 0 Å². The largest absolute Gasteiger partial charge is 0.490 e. The van der Waals surface area contributed by atoms with Gasteiger partial charge in [-0.15, -0.1) is 0 Å². The van der Waals surface area contributed by atoms with E-state index in [2.05, 4.69) is 10.6 Å². The number of carbonyl (C=O) groups excluding carboxylic acids is 2. The van der Waals surface area contributed by atoms with Crippen molar-refractivity contribution in [3.63, 3.8) is 0 Å². The molecule has 1 fully saturated rings. The van der Waals surface area contributed by atoms with Crippen LogP contribution in [0.25, 0.3) is 0 Å². The summed E-state index contributed by atoms with van der Waals surface area (Å²) in [6, 6.07) is 4.53. The summed E-state index contributed by atoms with van der Waals surface area (Å²) < 4.78 is 16.3. The molecule has 27 heavy (non-hydrogen) atoms. The summed E-state index contributed by atoms with van der Waals surface area (Å²) in [6.07, 6.45) is 2.04. The number of anilines is 1. The Kier molecular flexibility index (Phi) is 8.35. The Labute approximate surface area is 160 Å². The summed E-state index contributed by atoms with van der Waals surface area (Å²) in [5, 5.41) is 5.01. The number of methoxy groups -OCH3 is 1. The zero-order valence-corrected chi connectivity index (χ0v) is 16.2. The molecule has 1 saturated heterocycles. The fraction of sp³-hybridized carbons (Fsp3) is 0.579. The molecule has 1 aliphatic heterocycles. The number of urea groups is 1. The number of hydrogen-bond acceptors (Lipinski definition) is 6. The third-order valence-corrected chi connectivity index (χ3v) is 4.29. The van der Waals surface area contributed by atoms with Gasteiger partial charge in [-0.25, -0.2) is 4.79 Å². The maximum atomic E-state index is 12.1. The number of piperidine rings is 1. The topological polar surface area (TPSA) is 89.1 Å². The van der Waals surface area contributed by atoms with Gasteiger partial charge in [0.2, 0.25) is 5.91 Å². The molecule has 1 heterocycles. The van der Waals surface area contributed by atoms with Gasteiger partial charge in [-0.05, 0) is 38.8 Å². The van der Waals surface area contributed by atoms with Crippen LogP contribution in [-0.2, 0) is 9.53 Å². The van der Waals surface area contributed by atoms with Gasteiger partial charge in [0.15, 0.2) is 11.5 Å². The van der Waals surface area contributed by atoms with E-state index in [-0.39, 0.29) is 18.6 Å². The Balaban J connectivity index is 1.84. The number of rotatable bonds is 8. The van der Waals surface area contributed by atoms with Gasteiger partial charge in [0.05, 0.1) is 25.9 Å². The van der Waals surface area contributed by atoms with Crippen molar-refractivity contribution in [3.05, 3.63) is 18.2 Å². The van der Waals surface area contributed by atoms with Gasteiger partial charge in [-0.2, -0.15) is 0 Å². The van der Waals surface area contributed by atoms with Crippen LogP contribution in [0.5, 0.6) is 11.5 Å². The molecular weight excluding hydrogens is 350 g/mol. The molecular formula is C19H29N3O5. The minimum atomic E-state index is -0.571. The predicted molar refractivity (Wildman–Crippen MR) is 102 cm³/mol. The molecule has 0 spiro atoms. The van der Waals surface area contributed by atoms with Crippen molar-refractivity contribution >= 4 is 17.6 Å². The van der Waals surface area contributed by atoms with E-state index in [1.807, 2.05) is 18.7 Å². The third-order valence-electron chi connectivity index (χ3n) is 4.29. The first-order valence-electron chi connectivity index (χ1n) is 9.31. The number of imide groups is 1. The van der Waals surface area contributed by atoms with Gasteiger partial charge in [0.25, 0.3) is 0 Å². The minimum absolute atomic E-state index is 0.192. The van der Waals surface area contributed by atoms with E-state index in [1.165, 1.54) is 0 Å². The number of amides is 3. The standard InChI is InChI=1S/C19H29N3O5/c1-4-26-16-7-6-14(12-17(16)27-5-2)20-19(24)21-18(23)13-22-10-8-15(25-3)9-11-22/h6-7,12,15H,4-5,8-11,13H2,1-3H3,(H2,20,21,23,24). The quantitative estimate of drug-likeness (QED) is 0.720. The SMILES string of the molecule is CCOc1ccc(NC(=O)NC(=O)CN2CCC(OC)CC2)cc1OCC. The van der Waals surface area contributed by atoms with Crippen LogP contribution in [0.3, 0.4) is 0 Å². The Hall–Kier alpha value is -2.32. The van der Waals surface area contributed by atoms with Crippen LogP contribution < -0.4 is 20.1 Å². The van der Waals surface area contributed by atoms with Crippen molar-refractivity contribution in [1.29, 1.82) is 0 Å². The van der Waals surface area contributed by atoms with Crippen molar-refractivity contribution in [2.24, 2.45) is 0 Å². The zero-order valence-electron chi connectivity index (χ0n) is 16.2. The van der Waals surface area contributed by atoms with E-state index in [0.717, 1.165) is 25.9 Å². The van der Waals surface area contributed by atoms with E-state index >= 15 is 0 Å². The highest BCUT2D eigenvalue weighted by molar-refractivity contribution is 6.01. The van der Waals surface area contributed by atoms with Gasteiger partial charge in [0, 0.05) is 32.0 Å². The Morgan fingerprint density at radius 2 is 1.78 bits per heavy atom. The Bertz CT molecular complexity index is 630. The maximum absolute atomic E-state index is 12.1. The third kappa shape index (κ3) is 6.73. The molecule has 150 valence electrons. The number of likely N-dealkylation sites (tertiary alicyclic amines) is 1. The van der Waals surface area contributed by atoms with Gasteiger partial charge in [-0.3, -0.25) is 15.0 Å². The highest BCUT2D eigenvalue weighted by Crippen LogP contribution is 2.30. The van der Waals surface area contributed by atoms with Crippen LogP contribution in [0, 0.1) is 0 Å². The molecule has 0 aromatic heterocycles. The lowest BCUT2D eigenvalue weighted by Gasteiger charge is -2.30. The normalized spacial score (nSPS) is 15.2. The Morgan fingerprint density at radius 1 is 1.11 bits per heavy atom. The van der Waals surface area contributed by atoms with Crippen LogP contribution >= 0.6 is 0 Å². The molecule has 0 unspecified atom stereocenters. The van der Waals surface area contributed by atoms with E-state index in [1.54, 1.807) is 25.3 Å². The van der Waals surface area contributed by atoms with Gasteiger partial charge < -0.3 is 19.5 Å². The number of nitrogens with one attached hydrogen (secondary N) is 2. The summed E-state index contributed by atoms with van der Waals surface area (Å²) >= 11 is 0. The lowest BCUT2D eigenvalue weighted by Crippen LogP contribution is -2.45. The average molecular weight is 379 g/mol. The van der Waals surface area contributed by atoms with Crippen molar-refractivity contribution in [1.82, 2.24) is 10.2 Å². The minimum Gasteiger partial charge on any atom is -0.490 e. The smallest absolute Gasteiger partial charge is 0.325 e. The van der Waals surface area contributed by atoms with Crippen LogP contribution in [0.15, 0.2) is 18.2 Å². The molecule has 1 aromatic rings. The lowest BCUT2D eigenvalue weighted by atomic mass is 10.1. The summed E-state index contributed by atoms with van der Waals surface area (Å²) in [4.78, 5) is 26.2. The summed E-state index contributed by atoms with van der Waals surface area (Å²) in [7, 11) is 1.70. The van der Waals surface area contributed by atoms with Crippen LogP contribution in [0.4, 0.5) is 10.5 Å². The predicted octanol–water partition coefficient (Wildman–Crippen LogP) is 2.24. The summed E-state index contributed by atoms with van der Waals surface area (Å²) in [5.74, 6) is 0.824. The van der Waals surface area contributed by atoms with Crippen LogP contribution in [0.1, 0.15) is 26.7 Å². The first-order chi connectivity index (χ1) is 13.0. The van der Waals surface area contributed by atoms with E-state index in [9.17, 15) is 9.59 Å². The molecule has 2 N–H and O–H groups in total. The van der Waals surface area contributed by atoms with Gasteiger partial charge in [0.1, 0.15) is 0 Å². The molecule has 3 amide bonds. The molecule has 0 radical (unpaired) electrons. The highest BCUT2D eigenvalue weighted by atomic mass is 16.5. The van der Waals surface area contributed by atoms with Crippen molar-refractivity contribution in [2.45, 2.75) is 32.8 Å². The first kappa shape index (κ1) is 21.0. The second-order valence-electron chi connectivity index (χ2n) is 6.24. The molecule has 8 heteroatoms. The number of ether oxygens (including phenoxy) is 3. The van der Waals surface area contributed by atoms with Crippen molar-refractivity contribution in [2.75, 3.05) is 45.3 Å². The lowest BCUT2D eigenvalue weighted by molar-refractivity contribution is -0.121. The summed E-state index contributed by atoms with van der Waals surface area (Å²) in [5.41, 5.74) is 0.521. The molecule has 0 bridgehead atoms. The molecule has 0 saturated carbocycles. The van der Waals surface area contributed by atoms with Crippen molar-refractivity contribution in [3.8, 4) is 11.5 Å². The fourth-order valence-corrected chi connectivity index (χ4v) is 2.96. The van der Waals surface area contributed by atoms with Gasteiger partial charge in [-0.1, -0.05) is 0 Å². The molecule has 8 nitrogen and oxygen atoms in total. The molecule has 2 rings (SSSR count). The molecule has 1 aromatic carbocycles. The first-order valence-corrected chi connectivity index (χ1v) is 9.31. The van der Waals surface area contributed by atoms with E-state index < -0.39 is 6.03 Å². The molecule has 0 aliphatic carbocycles. The van der Waals surface area contributed by atoms with E-state index in [0.29, 0.717) is 30.4 Å².